The van der Waals surface area contributed by atoms with Crippen LogP contribution < -0.4 is 0 Å². The molecule has 1 N–H and O–H groups in total. The zero-order chi connectivity index (χ0) is 16.8. The van der Waals surface area contributed by atoms with Crippen LogP contribution in [-0.2, 0) is 9.53 Å². The molecule has 132 valence electrons. The molecule has 7 unspecified atom stereocenters. The normalized spacial score (nSPS) is 48.0. The zero-order valence-corrected chi connectivity index (χ0v) is 15.3. The van der Waals surface area contributed by atoms with Crippen molar-refractivity contribution in [1.29, 1.82) is 0 Å². The summed E-state index contributed by atoms with van der Waals surface area (Å²) in [5, 5.41) is 9.99. The molecule has 0 heterocycles. The Morgan fingerprint density at radius 1 is 1.13 bits per heavy atom. The molecule has 0 aromatic rings. The van der Waals surface area contributed by atoms with Crippen molar-refractivity contribution in [3.8, 4) is 0 Å². The Kier molecular flexibility index (Phi) is 4.79. The third-order valence-corrected chi connectivity index (χ3v) is 7.95. The van der Waals surface area contributed by atoms with Gasteiger partial charge < -0.3 is 9.84 Å². The second-order valence-corrected chi connectivity index (χ2v) is 8.88. The molecule has 0 bridgehead atoms. The lowest BCUT2D eigenvalue weighted by molar-refractivity contribution is -0.163. The molecule has 0 radical (unpaired) electrons. The molecule has 3 saturated carbocycles. The lowest BCUT2D eigenvalue weighted by Gasteiger charge is -2.57. The minimum Gasteiger partial charge on any atom is -0.462 e. The topological polar surface area (TPSA) is 46.5 Å². The molecule has 3 fully saturated rings. The van der Waals surface area contributed by atoms with Crippen LogP contribution in [0.3, 0.4) is 0 Å². The van der Waals surface area contributed by atoms with Crippen LogP contribution in [0, 0.1) is 35.0 Å². The van der Waals surface area contributed by atoms with Crippen molar-refractivity contribution in [2.45, 2.75) is 84.8 Å². The minimum absolute atomic E-state index is 0.00171. The van der Waals surface area contributed by atoms with Crippen LogP contribution in [0.15, 0.2) is 0 Å². The van der Waals surface area contributed by atoms with Crippen molar-refractivity contribution in [1.82, 2.24) is 0 Å². The SMILES string of the molecule is CC(=O)OC(C)C1(C)CCC2C(CC[C@H]3CC(O)CCC23)C1C. The average molecular weight is 322 g/mol. The number of rotatable bonds is 2. The summed E-state index contributed by atoms with van der Waals surface area (Å²) in [5.41, 5.74) is 0.105. The van der Waals surface area contributed by atoms with Gasteiger partial charge in [-0.2, -0.15) is 0 Å². The van der Waals surface area contributed by atoms with E-state index in [0.29, 0.717) is 5.92 Å². The first-order chi connectivity index (χ1) is 10.8. The van der Waals surface area contributed by atoms with E-state index in [1.807, 2.05) is 0 Å². The van der Waals surface area contributed by atoms with E-state index >= 15 is 0 Å². The van der Waals surface area contributed by atoms with Gasteiger partial charge >= 0.3 is 5.97 Å². The minimum atomic E-state index is -0.155. The van der Waals surface area contributed by atoms with Gasteiger partial charge in [0.1, 0.15) is 6.10 Å². The van der Waals surface area contributed by atoms with Crippen LogP contribution in [0.1, 0.15) is 72.6 Å². The van der Waals surface area contributed by atoms with Gasteiger partial charge in [0.2, 0.25) is 0 Å². The molecule has 3 heteroatoms. The highest BCUT2D eigenvalue weighted by atomic mass is 16.5. The van der Waals surface area contributed by atoms with E-state index < -0.39 is 0 Å². The second-order valence-electron chi connectivity index (χ2n) is 8.88. The molecule has 0 aliphatic heterocycles. The maximum Gasteiger partial charge on any atom is 0.302 e. The molecule has 0 aromatic carbocycles. The molecule has 23 heavy (non-hydrogen) atoms. The van der Waals surface area contributed by atoms with Crippen LogP contribution in [0.5, 0.6) is 0 Å². The van der Waals surface area contributed by atoms with Gasteiger partial charge in [0.05, 0.1) is 6.10 Å². The summed E-state index contributed by atoms with van der Waals surface area (Å²) in [6, 6.07) is 0. The Morgan fingerprint density at radius 2 is 1.83 bits per heavy atom. The fourth-order valence-electron chi connectivity index (χ4n) is 6.30. The fourth-order valence-corrected chi connectivity index (χ4v) is 6.30. The van der Waals surface area contributed by atoms with Gasteiger partial charge in [-0.05, 0) is 81.5 Å². The summed E-state index contributed by atoms with van der Waals surface area (Å²) in [4.78, 5) is 11.4. The molecule has 3 aliphatic rings. The first-order valence-electron chi connectivity index (χ1n) is 9.68. The maximum absolute atomic E-state index is 11.4. The molecular formula is C20H34O3. The van der Waals surface area contributed by atoms with Gasteiger partial charge in [-0.15, -0.1) is 0 Å². The van der Waals surface area contributed by atoms with Crippen LogP contribution in [0.25, 0.3) is 0 Å². The highest BCUT2D eigenvalue weighted by molar-refractivity contribution is 5.66. The summed E-state index contributed by atoms with van der Waals surface area (Å²) in [5.74, 6) is 3.62. The molecule has 3 aliphatic carbocycles. The Morgan fingerprint density at radius 3 is 2.52 bits per heavy atom. The largest absolute Gasteiger partial charge is 0.462 e. The van der Waals surface area contributed by atoms with Gasteiger partial charge in [0.15, 0.2) is 0 Å². The summed E-state index contributed by atoms with van der Waals surface area (Å²) in [7, 11) is 0. The number of carbonyl (C=O) groups excluding carboxylic acids is 1. The zero-order valence-electron chi connectivity index (χ0n) is 15.3. The van der Waals surface area contributed by atoms with E-state index in [9.17, 15) is 9.90 Å². The summed E-state index contributed by atoms with van der Waals surface area (Å²) in [6.45, 7) is 8.34. The second kappa shape index (κ2) is 6.38. The Hall–Kier alpha value is -0.570. The van der Waals surface area contributed by atoms with Crippen molar-refractivity contribution in [2.75, 3.05) is 0 Å². The number of aliphatic hydroxyl groups excluding tert-OH is 1. The Balaban J connectivity index is 1.74. The lowest BCUT2D eigenvalue weighted by atomic mass is 9.49. The Labute approximate surface area is 141 Å². The van der Waals surface area contributed by atoms with E-state index in [4.69, 9.17) is 4.74 Å². The summed E-state index contributed by atoms with van der Waals surface area (Å²) < 4.78 is 5.59. The number of esters is 1. The van der Waals surface area contributed by atoms with Crippen LogP contribution in [0.2, 0.25) is 0 Å². The van der Waals surface area contributed by atoms with Gasteiger partial charge in [-0.25, -0.2) is 0 Å². The molecule has 3 rings (SSSR count). The maximum atomic E-state index is 11.4. The first kappa shape index (κ1) is 17.3. The van der Waals surface area contributed by atoms with Crippen molar-refractivity contribution in [2.24, 2.45) is 35.0 Å². The van der Waals surface area contributed by atoms with Gasteiger partial charge in [-0.3, -0.25) is 4.79 Å². The van der Waals surface area contributed by atoms with Crippen LogP contribution in [0.4, 0.5) is 0 Å². The predicted molar refractivity (Wildman–Crippen MR) is 90.8 cm³/mol. The smallest absolute Gasteiger partial charge is 0.302 e. The lowest BCUT2D eigenvalue weighted by Crippen LogP contribution is -2.52. The van der Waals surface area contributed by atoms with E-state index in [1.54, 1.807) is 0 Å². The summed E-state index contributed by atoms with van der Waals surface area (Å²) >= 11 is 0. The van der Waals surface area contributed by atoms with E-state index in [1.165, 1.54) is 32.6 Å². The number of carbonyl (C=O) groups is 1. The van der Waals surface area contributed by atoms with Gasteiger partial charge in [0.25, 0.3) is 0 Å². The average Bonchev–Trinajstić information content (AvgIpc) is 2.49. The monoisotopic (exact) mass is 322 g/mol. The molecular weight excluding hydrogens is 288 g/mol. The van der Waals surface area contributed by atoms with Crippen LogP contribution in [-0.4, -0.2) is 23.3 Å². The van der Waals surface area contributed by atoms with Crippen molar-refractivity contribution >= 4 is 5.97 Å². The van der Waals surface area contributed by atoms with Crippen molar-refractivity contribution < 1.29 is 14.6 Å². The van der Waals surface area contributed by atoms with Gasteiger partial charge in [-0.1, -0.05) is 13.8 Å². The third kappa shape index (κ3) is 3.06. The highest BCUT2D eigenvalue weighted by Crippen LogP contribution is 2.58. The molecule has 0 aromatic heterocycles. The molecule has 8 atom stereocenters. The number of aliphatic hydroxyl groups is 1. The quantitative estimate of drug-likeness (QED) is 0.776. The number of hydrogen-bond acceptors (Lipinski definition) is 3. The standard InChI is InChI=1S/C20H34O3/c1-12-17-7-5-15-11-16(22)6-8-18(15)19(17)9-10-20(12,4)13(2)23-14(3)21/h12-13,15-19,22H,5-11H2,1-4H3/t12?,13?,15-,16?,17?,18?,19?,20?/m0/s1. The number of hydrogen-bond donors (Lipinski definition) is 1. The van der Waals surface area contributed by atoms with Crippen molar-refractivity contribution in [3.63, 3.8) is 0 Å². The summed E-state index contributed by atoms with van der Waals surface area (Å²) in [6.07, 6.45) is 8.21. The number of ether oxygens (including phenoxy) is 1. The Bertz CT molecular complexity index is 448. The molecule has 0 saturated heterocycles. The molecule has 3 nitrogen and oxygen atoms in total. The van der Waals surface area contributed by atoms with Crippen LogP contribution >= 0.6 is 0 Å². The van der Waals surface area contributed by atoms with E-state index in [2.05, 4.69) is 20.8 Å². The van der Waals surface area contributed by atoms with E-state index in [0.717, 1.165) is 42.9 Å². The highest BCUT2D eigenvalue weighted by Gasteiger charge is 2.52. The predicted octanol–water partition coefficient (Wildman–Crippen LogP) is 4.18. The van der Waals surface area contributed by atoms with E-state index in [-0.39, 0.29) is 23.6 Å². The molecule has 0 spiro atoms. The van der Waals surface area contributed by atoms with Crippen molar-refractivity contribution in [3.05, 3.63) is 0 Å². The first-order valence-corrected chi connectivity index (χ1v) is 9.68. The third-order valence-electron chi connectivity index (χ3n) is 7.95. The number of fused-ring (bicyclic) bond motifs is 3. The molecule has 0 amide bonds. The van der Waals surface area contributed by atoms with Gasteiger partial charge in [0, 0.05) is 12.3 Å². The fraction of sp³-hybridized carbons (Fsp3) is 0.950.